The van der Waals surface area contributed by atoms with E-state index in [1.807, 2.05) is 0 Å². The number of methoxy groups -OCH3 is 1. The number of nitrogens with zero attached hydrogens (tertiary/aromatic N) is 2. The summed E-state index contributed by atoms with van der Waals surface area (Å²) in [6.45, 7) is 9.89. The number of hydrogen-bond donors (Lipinski definition) is 11. The Labute approximate surface area is 419 Å². The van der Waals surface area contributed by atoms with Gasteiger partial charge in [0.05, 0.1) is 25.4 Å². The van der Waals surface area contributed by atoms with Gasteiger partial charge in [-0.15, -0.1) is 0 Å². The lowest BCUT2D eigenvalue weighted by Gasteiger charge is -2.51. The Kier molecular flexibility index (Phi) is 29.2. The average molecular weight is 1030 g/mol. The third-order valence-corrected chi connectivity index (χ3v) is 11.8. The van der Waals surface area contributed by atoms with E-state index in [1.165, 1.54) is 20.8 Å². The molecule has 26 nitrogen and oxygen atoms in total. The second-order valence-electron chi connectivity index (χ2n) is 17.9. The van der Waals surface area contributed by atoms with Gasteiger partial charge in [-0.1, -0.05) is 13.0 Å². The van der Waals surface area contributed by atoms with Gasteiger partial charge in [-0.05, 0) is 65.3 Å². The number of amides is 6. The van der Waals surface area contributed by atoms with Crippen molar-refractivity contribution in [1.29, 1.82) is 0 Å². The minimum absolute atomic E-state index is 0.00936. The van der Waals surface area contributed by atoms with Gasteiger partial charge in [0.15, 0.2) is 12.1 Å². The topological polar surface area (TPSA) is 371 Å². The van der Waals surface area contributed by atoms with E-state index in [1.54, 1.807) is 0 Å². The molecule has 2 aliphatic heterocycles. The van der Waals surface area contributed by atoms with E-state index in [2.05, 4.69) is 33.2 Å². The zero-order valence-electron chi connectivity index (χ0n) is 42.1. The molecule has 2 fully saturated rings. The highest BCUT2D eigenvalue weighted by atomic mass is 16.7. The second-order valence-corrected chi connectivity index (χ2v) is 17.9. The van der Waals surface area contributed by atoms with E-state index in [-0.39, 0.29) is 75.7 Å². The Balaban J connectivity index is 1.72. The number of aliphatic hydroxyl groups is 4. The molecular weight excluding hydrogens is 955 g/mol. The van der Waals surface area contributed by atoms with Crippen molar-refractivity contribution in [1.82, 2.24) is 36.7 Å². The fourth-order valence-electron chi connectivity index (χ4n) is 7.60. The van der Waals surface area contributed by atoms with Gasteiger partial charge in [-0.2, -0.15) is 0 Å². The van der Waals surface area contributed by atoms with Gasteiger partial charge in [0.2, 0.25) is 41.2 Å². The van der Waals surface area contributed by atoms with E-state index in [9.17, 15) is 69.2 Å². The van der Waals surface area contributed by atoms with Crippen molar-refractivity contribution in [2.45, 2.75) is 172 Å². The van der Waals surface area contributed by atoms with Crippen LogP contribution in [0.15, 0.2) is 12.2 Å². The van der Waals surface area contributed by atoms with Gasteiger partial charge in [0, 0.05) is 91.4 Å². The van der Waals surface area contributed by atoms with Crippen LogP contribution in [0.3, 0.4) is 0 Å². The number of Topliss-reactive ketones (excluding diaryl/α,β-unsaturated/α-hetero) is 1. The molecule has 6 amide bonds. The summed E-state index contributed by atoms with van der Waals surface area (Å²) in [7, 11) is 1.05. The highest BCUT2D eigenvalue weighted by molar-refractivity contribution is 5.87. The molecule has 0 bridgehead atoms. The molecule has 0 radical (unpaired) electrons. The third kappa shape index (κ3) is 22.2. The minimum Gasteiger partial charge on any atom is -0.462 e. The number of hydroxylamine groups is 4. The fourth-order valence-corrected chi connectivity index (χ4v) is 7.60. The van der Waals surface area contributed by atoms with Gasteiger partial charge >= 0.3 is 5.97 Å². The molecule has 4 unspecified atom stereocenters. The summed E-state index contributed by atoms with van der Waals surface area (Å²) in [6.07, 6.45) is -8.83. The van der Waals surface area contributed by atoms with Crippen LogP contribution >= 0.6 is 0 Å². The van der Waals surface area contributed by atoms with Crippen molar-refractivity contribution in [2.75, 3.05) is 59.5 Å². The zero-order valence-corrected chi connectivity index (χ0v) is 42.1. The summed E-state index contributed by atoms with van der Waals surface area (Å²) in [5, 5.41) is 79.2. The van der Waals surface area contributed by atoms with E-state index in [0.717, 1.165) is 14.0 Å². The van der Waals surface area contributed by atoms with Crippen LogP contribution in [-0.2, 0) is 62.0 Å². The summed E-state index contributed by atoms with van der Waals surface area (Å²) >= 11 is 0. The highest BCUT2D eigenvalue weighted by Gasteiger charge is 2.59. The first-order chi connectivity index (χ1) is 34.0. The average Bonchev–Trinajstić information content (AvgIpc) is 3.33. The van der Waals surface area contributed by atoms with Crippen molar-refractivity contribution in [3.8, 4) is 0 Å². The Bertz CT molecular complexity index is 1780. The van der Waals surface area contributed by atoms with Crippen LogP contribution in [0.4, 0.5) is 0 Å². The molecule has 11 N–H and O–H groups in total. The van der Waals surface area contributed by atoms with Crippen LogP contribution in [0.5, 0.6) is 0 Å². The third-order valence-electron chi connectivity index (χ3n) is 11.8. The van der Waals surface area contributed by atoms with Gasteiger partial charge in [0.1, 0.15) is 36.6 Å². The molecule has 0 saturated carbocycles. The largest absolute Gasteiger partial charge is 0.462 e. The predicted octanol–water partition coefficient (Wildman–Crippen LogP) is -2.04. The van der Waals surface area contributed by atoms with Crippen LogP contribution in [-0.4, -0.2) is 209 Å². The summed E-state index contributed by atoms with van der Waals surface area (Å²) < 4.78 is 28.2. The van der Waals surface area contributed by atoms with Crippen molar-refractivity contribution in [3.05, 3.63) is 12.2 Å². The Hall–Kier alpha value is -4.74. The molecule has 0 spiro atoms. The van der Waals surface area contributed by atoms with Crippen LogP contribution in [0.1, 0.15) is 111 Å². The maximum absolute atomic E-state index is 13.6. The number of aliphatic hydroxyl groups excluding tert-OH is 3. The predicted molar refractivity (Wildman–Crippen MR) is 251 cm³/mol. The number of carbonyl (C=O) groups is 8. The molecule has 2 aliphatic rings. The van der Waals surface area contributed by atoms with E-state index >= 15 is 0 Å². The van der Waals surface area contributed by atoms with E-state index < -0.39 is 96.2 Å². The van der Waals surface area contributed by atoms with Crippen LogP contribution in [0, 0.1) is 0 Å². The van der Waals surface area contributed by atoms with Crippen molar-refractivity contribution >= 4 is 47.2 Å². The monoisotopic (exact) mass is 1030 g/mol. The molecule has 26 heteroatoms. The molecule has 0 aromatic carbocycles. The minimum atomic E-state index is -2.56. The van der Waals surface area contributed by atoms with Gasteiger partial charge in [0.25, 0.3) is 0 Å². The first-order valence-electron chi connectivity index (χ1n) is 24.4. The van der Waals surface area contributed by atoms with Crippen LogP contribution < -0.4 is 26.6 Å². The number of nitrogens with one attached hydrogen (secondary N) is 5. The summed E-state index contributed by atoms with van der Waals surface area (Å²) in [6, 6.07) is -1.65. The normalized spacial score (nSPS) is 24.8. The number of ketones is 1. The molecule has 0 aromatic rings. The smallest absolute Gasteiger partial charge is 0.333 e. The molecular formula is C46H79N7O19. The molecule has 2 rings (SSSR count). The highest BCUT2D eigenvalue weighted by Crippen LogP contribution is 2.35. The summed E-state index contributed by atoms with van der Waals surface area (Å²) in [4.78, 5) is 97.4. The number of unbranched alkanes of at least 4 members (excludes halogenated alkanes) is 5. The van der Waals surface area contributed by atoms with E-state index in [4.69, 9.17) is 23.7 Å². The maximum atomic E-state index is 13.6. The van der Waals surface area contributed by atoms with Gasteiger partial charge < -0.3 is 70.7 Å². The number of rotatable bonds is 34. The first-order valence-corrected chi connectivity index (χ1v) is 24.4. The van der Waals surface area contributed by atoms with Gasteiger partial charge in [-0.25, -0.2) is 14.9 Å². The van der Waals surface area contributed by atoms with Crippen molar-refractivity contribution in [2.24, 2.45) is 0 Å². The van der Waals surface area contributed by atoms with E-state index in [0.29, 0.717) is 87.7 Å². The van der Waals surface area contributed by atoms with Crippen LogP contribution in [0.25, 0.3) is 0 Å². The molecule has 0 aromatic heterocycles. The molecule has 2 heterocycles. The van der Waals surface area contributed by atoms with Crippen LogP contribution in [0.2, 0.25) is 0 Å². The summed E-state index contributed by atoms with van der Waals surface area (Å²) in [5.41, 5.74) is 0.112. The fraction of sp³-hybridized carbons (Fsp3) is 0.783. The molecule has 412 valence electrons. The SMILES string of the molecule is C=C(C)C(=O)OCCC1O[C@@H](O[C@@H]2C(C(=O)CNCCCCCN(O)C(=O)CCC(=O)NCCCCCN(O)C(=O)CCC(=O)NCCCCNC(C)=O)O[C@H](C)C(O)[C@H]2O)C(NC(C)=O)[C@@](O)(OC)[C@@H]1O. The number of ether oxygens (including phenoxy) is 5. The second kappa shape index (κ2) is 33.2. The lowest BCUT2D eigenvalue weighted by Crippen LogP contribution is -2.73. The van der Waals surface area contributed by atoms with Crippen molar-refractivity contribution in [3.63, 3.8) is 0 Å². The lowest BCUT2D eigenvalue weighted by molar-refractivity contribution is -0.377. The standard InChI is InChI=1S/C46H79N7O19/c1-28(2)44(64)69-26-19-33-43(63)46(65,68-6)42(51-31(5)55)45(71-33)72-41-39(62)38(61)29(3)70-40(41)32(56)27-47-20-9-7-13-24-52(66)36(59)17-15-34(57)49-22-10-8-14-25-53(67)37(60)18-16-35(58)50-23-12-11-21-48-30(4)54/h29,33,38-43,45,47,61-63,65-67H,1,7-27H2,2-6H3,(H,48,54)(H,49,57)(H,50,58)(H,51,55)/t29-,33?,38?,39-,40?,41+,42?,43-,45+,46-/m1/s1. The quantitative estimate of drug-likeness (QED) is 0.00826. The maximum Gasteiger partial charge on any atom is 0.333 e. The zero-order chi connectivity index (χ0) is 54.0. The number of hydrogen-bond acceptors (Lipinski definition) is 20. The van der Waals surface area contributed by atoms with Gasteiger partial charge in [-0.3, -0.25) is 44.0 Å². The number of carbonyl (C=O) groups excluding carboxylic acids is 8. The number of esters is 1. The Morgan fingerprint density at radius 2 is 1.22 bits per heavy atom. The summed E-state index contributed by atoms with van der Waals surface area (Å²) in [5.74, 6) is -6.64. The molecule has 2 saturated heterocycles. The lowest BCUT2D eigenvalue weighted by atomic mass is 9.89. The first kappa shape index (κ1) is 63.4. The molecule has 10 atom stereocenters. The molecule has 72 heavy (non-hydrogen) atoms. The molecule has 0 aliphatic carbocycles. The Morgan fingerprint density at radius 1 is 0.694 bits per heavy atom. The van der Waals surface area contributed by atoms with Crippen molar-refractivity contribution < 1.29 is 92.9 Å². The Morgan fingerprint density at radius 3 is 1.74 bits per heavy atom.